The summed E-state index contributed by atoms with van der Waals surface area (Å²) >= 11 is 0. The van der Waals surface area contributed by atoms with Gasteiger partial charge in [-0.25, -0.2) is 0 Å². The van der Waals surface area contributed by atoms with Gasteiger partial charge in [0.2, 0.25) is 0 Å². The van der Waals surface area contributed by atoms with E-state index in [-0.39, 0.29) is 6.04 Å². The molecule has 18 heavy (non-hydrogen) atoms. The Morgan fingerprint density at radius 1 is 1.17 bits per heavy atom. The molecule has 2 aromatic rings. The van der Waals surface area contributed by atoms with E-state index in [1.54, 1.807) is 0 Å². The number of hydrogen-bond acceptors (Lipinski definition) is 1. The van der Waals surface area contributed by atoms with Crippen molar-refractivity contribution in [2.45, 2.75) is 31.8 Å². The summed E-state index contributed by atoms with van der Waals surface area (Å²) < 4.78 is 2.25. The molecule has 3 rings (SSSR count). The first-order valence-corrected chi connectivity index (χ1v) is 6.78. The van der Waals surface area contributed by atoms with Crippen LogP contribution in [0.15, 0.2) is 48.8 Å². The van der Waals surface area contributed by atoms with Crippen LogP contribution in [0.5, 0.6) is 0 Å². The molecule has 2 nitrogen and oxygen atoms in total. The second-order valence-corrected chi connectivity index (χ2v) is 5.28. The van der Waals surface area contributed by atoms with Gasteiger partial charge in [0.05, 0.1) is 0 Å². The molecule has 2 N–H and O–H groups in total. The molecule has 0 bridgehead atoms. The van der Waals surface area contributed by atoms with Crippen LogP contribution in [0.1, 0.15) is 30.0 Å². The van der Waals surface area contributed by atoms with Crippen LogP contribution in [0, 0.1) is 5.92 Å². The Hall–Kier alpha value is -1.54. The van der Waals surface area contributed by atoms with Crippen LogP contribution in [0.2, 0.25) is 0 Å². The number of aryl methyl sites for hydroxylation is 2. The molecular weight excluding hydrogens is 220 g/mol. The highest BCUT2D eigenvalue weighted by Gasteiger charge is 2.29. The van der Waals surface area contributed by atoms with E-state index in [1.165, 1.54) is 24.0 Å². The third kappa shape index (κ3) is 2.65. The lowest BCUT2D eigenvalue weighted by Gasteiger charge is -2.07. The van der Waals surface area contributed by atoms with Crippen molar-refractivity contribution in [2.24, 2.45) is 11.7 Å². The smallest absolute Gasteiger partial charge is 0.0338 e. The monoisotopic (exact) mass is 240 g/mol. The van der Waals surface area contributed by atoms with Gasteiger partial charge in [0.1, 0.15) is 0 Å². The van der Waals surface area contributed by atoms with Crippen LogP contribution in [0.25, 0.3) is 0 Å². The van der Waals surface area contributed by atoms with Gasteiger partial charge in [-0.05, 0) is 42.4 Å². The van der Waals surface area contributed by atoms with Crippen LogP contribution >= 0.6 is 0 Å². The Labute approximate surface area is 108 Å². The lowest BCUT2D eigenvalue weighted by molar-refractivity contribution is 0.626. The fraction of sp³-hybridized carbons (Fsp3) is 0.375. The molecule has 1 heterocycles. The second-order valence-electron chi connectivity index (χ2n) is 5.28. The van der Waals surface area contributed by atoms with Crippen molar-refractivity contribution in [3.63, 3.8) is 0 Å². The third-order valence-electron chi connectivity index (χ3n) is 3.79. The number of hydrogen-bond donors (Lipinski definition) is 1. The zero-order chi connectivity index (χ0) is 12.4. The molecule has 0 saturated heterocycles. The number of nitrogens with two attached hydrogens (primary N) is 1. The lowest BCUT2D eigenvalue weighted by Crippen LogP contribution is -2.11. The fourth-order valence-electron chi connectivity index (χ4n) is 2.43. The van der Waals surface area contributed by atoms with Gasteiger partial charge in [0.25, 0.3) is 0 Å². The normalized spacial score (nSPS) is 16.7. The zero-order valence-electron chi connectivity index (χ0n) is 10.6. The minimum absolute atomic E-state index is 0.253. The third-order valence-corrected chi connectivity index (χ3v) is 3.79. The predicted octanol–water partition coefficient (Wildman–Crippen LogP) is 3.14. The average molecular weight is 240 g/mol. The maximum atomic E-state index is 6.21. The molecule has 0 amide bonds. The van der Waals surface area contributed by atoms with Crippen molar-refractivity contribution in [1.29, 1.82) is 0 Å². The summed E-state index contributed by atoms with van der Waals surface area (Å²) in [6.07, 6.45) is 8.05. The lowest BCUT2D eigenvalue weighted by atomic mass is 10.1. The van der Waals surface area contributed by atoms with Gasteiger partial charge in [-0.2, -0.15) is 0 Å². The van der Waals surface area contributed by atoms with Gasteiger partial charge in [-0.15, -0.1) is 0 Å². The molecule has 0 radical (unpaired) electrons. The van der Waals surface area contributed by atoms with Gasteiger partial charge in [0, 0.05) is 25.0 Å². The first kappa shape index (κ1) is 11.5. The van der Waals surface area contributed by atoms with Gasteiger partial charge in [0.15, 0.2) is 0 Å². The maximum absolute atomic E-state index is 6.21. The molecule has 1 aromatic heterocycles. The minimum atomic E-state index is 0.253. The summed E-state index contributed by atoms with van der Waals surface area (Å²) in [5, 5.41) is 0. The van der Waals surface area contributed by atoms with E-state index >= 15 is 0 Å². The van der Waals surface area contributed by atoms with Crippen LogP contribution in [0.4, 0.5) is 0 Å². The minimum Gasteiger partial charge on any atom is -0.354 e. The summed E-state index contributed by atoms with van der Waals surface area (Å²) in [5.74, 6) is 0.731. The highest BCUT2D eigenvalue weighted by molar-refractivity contribution is 5.18. The predicted molar refractivity (Wildman–Crippen MR) is 74.2 cm³/mol. The molecule has 1 unspecified atom stereocenters. The number of benzene rings is 1. The van der Waals surface area contributed by atoms with E-state index < -0.39 is 0 Å². The SMILES string of the molecule is NC(c1ccn(CCc2ccccc2)c1)C1CC1. The molecule has 94 valence electrons. The van der Waals surface area contributed by atoms with E-state index in [1.807, 2.05) is 0 Å². The Morgan fingerprint density at radius 3 is 2.67 bits per heavy atom. The summed E-state index contributed by atoms with van der Waals surface area (Å²) in [5.41, 5.74) is 8.89. The van der Waals surface area contributed by atoms with Crippen molar-refractivity contribution in [3.8, 4) is 0 Å². The topological polar surface area (TPSA) is 30.9 Å². The quantitative estimate of drug-likeness (QED) is 0.855. The number of rotatable bonds is 5. The molecule has 0 aliphatic heterocycles. The number of aromatic nitrogens is 1. The van der Waals surface area contributed by atoms with Crippen molar-refractivity contribution in [2.75, 3.05) is 0 Å². The summed E-state index contributed by atoms with van der Waals surface area (Å²) in [7, 11) is 0. The van der Waals surface area contributed by atoms with Crippen molar-refractivity contribution in [3.05, 3.63) is 59.9 Å². The van der Waals surface area contributed by atoms with Crippen molar-refractivity contribution in [1.82, 2.24) is 4.57 Å². The maximum Gasteiger partial charge on any atom is 0.0338 e. The molecule has 2 heteroatoms. The Bertz CT molecular complexity index is 497. The average Bonchev–Trinajstić information content (AvgIpc) is 3.15. The fourth-order valence-corrected chi connectivity index (χ4v) is 2.43. The molecule has 1 aliphatic rings. The molecule has 1 aromatic carbocycles. The van der Waals surface area contributed by atoms with E-state index in [4.69, 9.17) is 5.73 Å². The largest absolute Gasteiger partial charge is 0.354 e. The van der Waals surface area contributed by atoms with E-state index in [0.717, 1.165) is 18.9 Å². The van der Waals surface area contributed by atoms with E-state index in [2.05, 4.69) is 53.4 Å². The van der Waals surface area contributed by atoms with E-state index in [9.17, 15) is 0 Å². The summed E-state index contributed by atoms with van der Waals surface area (Å²) in [6.45, 7) is 1.03. The van der Waals surface area contributed by atoms with Crippen molar-refractivity contribution < 1.29 is 0 Å². The van der Waals surface area contributed by atoms with Crippen LogP contribution in [-0.2, 0) is 13.0 Å². The van der Waals surface area contributed by atoms with Crippen LogP contribution in [0.3, 0.4) is 0 Å². The Morgan fingerprint density at radius 2 is 1.94 bits per heavy atom. The zero-order valence-corrected chi connectivity index (χ0v) is 10.6. The first-order valence-electron chi connectivity index (χ1n) is 6.78. The molecule has 1 fully saturated rings. The van der Waals surface area contributed by atoms with Gasteiger partial charge < -0.3 is 10.3 Å². The number of nitrogens with zero attached hydrogens (tertiary/aromatic N) is 1. The Kier molecular flexibility index (Phi) is 3.20. The van der Waals surface area contributed by atoms with Crippen LogP contribution in [-0.4, -0.2) is 4.57 Å². The molecule has 1 aliphatic carbocycles. The summed E-state index contributed by atoms with van der Waals surface area (Å²) in [6, 6.07) is 13.0. The standard InChI is InChI=1S/C16H20N2/c17-16(14-6-7-14)15-9-11-18(12-15)10-8-13-4-2-1-3-5-13/h1-5,9,11-12,14,16H,6-8,10,17H2. The summed E-state index contributed by atoms with van der Waals surface area (Å²) in [4.78, 5) is 0. The molecular formula is C16H20N2. The van der Waals surface area contributed by atoms with Crippen molar-refractivity contribution >= 4 is 0 Å². The second kappa shape index (κ2) is 4.99. The molecule has 1 saturated carbocycles. The Balaban J connectivity index is 1.60. The first-order chi connectivity index (χ1) is 8.83. The van der Waals surface area contributed by atoms with E-state index in [0.29, 0.717) is 0 Å². The van der Waals surface area contributed by atoms with Crippen LogP contribution < -0.4 is 5.73 Å². The molecule has 1 atom stereocenters. The van der Waals surface area contributed by atoms with Gasteiger partial charge >= 0.3 is 0 Å². The van der Waals surface area contributed by atoms with Gasteiger partial charge in [-0.3, -0.25) is 0 Å². The molecule has 0 spiro atoms. The highest BCUT2D eigenvalue weighted by atomic mass is 14.9. The highest BCUT2D eigenvalue weighted by Crippen LogP contribution is 2.39. The van der Waals surface area contributed by atoms with Gasteiger partial charge in [-0.1, -0.05) is 30.3 Å².